The van der Waals surface area contributed by atoms with Crippen LogP contribution >= 0.6 is 0 Å². The zero-order valence-corrected chi connectivity index (χ0v) is 21.1. The normalized spacial score (nSPS) is 14.0. The van der Waals surface area contributed by atoms with E-state index in [0.29, 0.717) is 24.2 Å². The van der Waals surface area contributed by atoms with Crippen LogP contribution in [0.5, 0.6) is 5.75 Å². The smallest absolute Gasteiger partial charge is 0.253 e. The molecule has 2 aromatic carbocycles. The number of carbonyl (C=O) groups is 2. The van der Waals surface area contributed by atoms with Crippen LogP contribution in [-0.4, -0.2) is 51.6 Å². The third-order valence-corrected chi connectivity index (χ3v) is 5.80. The fourth-order valence-electron chi connectivity index (χ4n) is 4.17. The number of nitrogens with zero attached hydrogens (tertiary/aromatic N) is 2. The van der Waals surface area contributed by atoms with Crippen molar-refractivity contribution < 1.29 is 14.3 Å². The van der Waals surface area contributed by atoms with Crippen molar-refractivity contribution in [2.75, 3.05) is 55.0 Å². The average Bonchev–Trinajstić information content (AvgIpc) is 2.81. The first-order valence-electron chi connectivity index (χ1n) is 12.1. The van der Waals surface area contributed by atoms with Gasteiger partial charge < -0.3 is 25.2 Å². The number of ether oxygens (including phenoxy) is 1. The number of hydrogen-bond donors (Lipinski definition) is 2. The molecule has 34 heavy (non-hydrogen) atoms. The van der Waals surface area contributed by atoms with E-state index in [1.54, 1.807) is 13.2 Å². The highest BCUT2D eigenvalue weighted by Gasteiger charge is 2.24. The molecule has 1 saturated heterocycles. The SMILES string of the molecule is CCCNC(=O)c1cc(NC(=O)CC(C)(C)C)ccc1N1CCN(c2ccccc2OC)CC1. The molecule has 0 bridgehead atoms. The fraction of sp³-hybridized carbons (Fsp3) is 0.481. The van der Waals surface area contributed by atoms with Crippen LogP contribution in [0.3, 0.4) is 0 Å². The van der Waals surface area contributed by atoms with Gasteiger partial charge in [-0.1, -0.05) is 39.8 Å². The molecule has 1 aliphatic rings. The Kier molecular flexibility index (Phi) is 8.42. The Bertz CT molecular complexity index is 992. The lowest BCUT2D eigenvalue weighted by Gasteiger charge is -2.38. The Hall–Kier alpha value is -3.22. The number of methoxy groups -OCH3 is 1. The number of nitrogens with one attached hydrogen (secondary N) is 2. The molecular weight excluding hydrogens is 428 g/mol. The second kappa shape index (κ2) is 11.3. The van der Waals surface area contributed by atoms with Crippen molar-refractivity contribution >= 4 is 28.9 Å². The van der Waals surface area contributed by atoms with E-state index in [-0.39, 0.29) is 17.2 Å². The summed E-state index contributed by atoms with van der Waals surface area (Å²) < 4.78 is 5.53. The van der Waals surface area contributed by atoms with E-state index in [2.05, 4.69) is 26.5 Å². The Morgan fingerprint density at radius 2 is 1.62 bits per heavy atom. The van der Waals surface area contributed by atoms with Crippen LogP contribution in [0.15, 0.2) is 42.5 Å². The molecule has 2 aromatic rings. The van der Waals surface area contributed by atoms with Crippen LogP contribution in [0.25, 0.3) is 0 Å². The molecule has 0 saturated carbocycles. The maximum absolute atomic E-state index is 13.0. The minimum atomic E-state index is -0.115. The highest BCUT2D eigenvalue weighted by molar-refractivity contribution is 6.02. The molecule has 0 unspecified atom stereocenters. The molecule has 1 fully saturated rings. The first-order chi connectivity index (χ1) is 16.2. The highest BCUT2D eigenvalue weighted by atomic mass is 16.5. The topological polar surface area (TPSA) is 73.9 Å². The lowest BCUT2D eigenvalue weighted by molar-refractivity contribution is -0.117. The maximum Gasteiger partial charge on any atom is 0.253 e. The molecule has 3 rings (SSSR count). The number of rotatable bonds is 8. The number of carbonyl (C=O) groups excluding carboxylic acids is 2. The van der Waals surface area contributed by atoms with E-state index < -0.39 is 0 Å². The molecule has 0 aliphatic carbocycles. The lowest BCUT2D eigenvalue weighted by Crippen LogP contribution is -2.47. The number of piperazine rings is 1. The van der Waals surface area contributed by atoms with Crippen molar-refractivity contribution in [1.29, 1.82) is 0 Å². The molecular formula is C27H38N4O3. The Morgan fingerprint density at radius 1 is 0.971 bits per heavy atom. The van der Waals surface area contributed by atoms with Gasteiger partial charge in [-0.3, -0.25) is 9.59 Å². The number of amides is 2. The van der Waals surface area contributed by atoms with Gasteiger partial charge in [0.05, 0.1) is 18.4 Å². The molecule has 0 spiro atoms. The fourth-order valence-corrected chi connectivity index (χ4v) is 4.17. The molecule has 0 atom stereocenters. The van der Waals surface area contributed by atoms with Crippen LogP contribution in [0.4, 0.5) is 17.1 Å². The first kappa shape index (κ1) is 25.4. The molecule has 2 amide bonds. The van der Waals surface area contributed by atoms with Crippen LogP contribution in [0.2, 0.25) is 0 Å². The number of benzene rings is 2. The van der Waals surface area contributed by atoms with Crippen molar-refractivity contribution in [3.05, 3.63) is 48.0 Å². The molecule has 7 heteroatoms. The van der Waals surface area contributed by atoms with Gasteiger partial charge in [0, 0.05) is 50.5 Å². The molecule has 0 radical (unpaired) electrons. The summed E-state index contributed by atoms with van der Waals surface area (Å²) in [4.78, 5) is 30.0. The van der Waals surface area contributed by atoms with Crippen LogP contribution < -0.4 is 25.2 Å². The van der Waals surface area contributed by atoms with Gasteiger partial charge in [-0.2, -0.15) is 0 Å². The second-order valence-electron chi connectivity index (χ2n) is 9.92. The van der Waals surface area contributed by atoms with Crippen molar-refractivity contribution in [3.8, 4) is 5.75 Å². The lowest BCUT2D eigenvalue weighted by atomic mass is 9.92. The molecule has 0 aromatic heterocycles. The number of hydrogen-bond acceptors (Lipinski definition) is 5. The van der Waals surface area contributed by atoms with Gasteiger partial charge in [-0.25, -0.2) is 0 Å². The van der Waals surface area contributed by atoms with Gasteiger partial charge in [-0.15, -0.1) is 0 Å². The largest absolute Gasteiger partial charge is 0.495 e. The monoisotopic (exact) mass is 466 g/mol. The minimum Gasteiger partial charge on any atom is -0.495 e. The third kappa shape index (κ3) is 6.65. The van der Waals surface area contributed by atoms with Crippen molar-refractivity contribution in [2.24, 2.45) is 5.41 Å². The molecule has 2 N–H and O–H groups in total. The molecule has 7 nitrogen and oxygen atoms in total. The van der Waals surface area contributed by atoms with Gasteiger partial charge in [0.2, 0.25) is 5.91 Å². The Balaban J connectivity index is 1.78. The number of anilines is 3. The van der Waals surface area contributed by atoms with Gasteiger partial charge in [0.15, 0.2) is 0 Å². The van der Waals surface area contributed by atoms with E-state index in [1.807, 2.05) is 58.0 Å². The zero-order chi connectivity index (χ0) is 24.7. The predicted octanol–water partition coefficient (Wildman–Crippen LogP) is 4.54. The van der Waals surface area contributed by atoms with Crippen molar-refractivity contribution in [3.63, 3.8) is 0 Å². The standard InChI is InChI=1S/C27H38N4O3/c1-6-13-28-26(33)21-18-20(29-25(32)19-27(2,3)4)11-12-22(21)30-14-16-31(17-15-30)23-9-7-8-10-24(23)34-5/h7-12,18H,6,13-17,19H2,1-5H3,(H,28,33)(H,29,32). The summed E-state index contributed by atoms with van der Waals surface area (Å²) in [6.45, 7) is 11.9. The van der Waals surface area contributed by atoms with Crippen molar-refractivity contribution in [2.45, 2.75) is 40.5 Å². The number of para-hydroxylation sites is 2. The summed E-state index contributed by atoms with van der Waals surface area (Å²) in [5.41, 5.74) is 3.11. The predicted molar refractivity (Wildman–Crippen MR) is 139 cm³/mol. The maximum atomic E-state index is 13.0. The van der Waals surface area contributed by atoms with Crippen LogP contribution in [0.1, 0.15) is 50.9 Å². The Labute approximate surface area is 203 Å². The summed E-state index contributed by atoms with van der Waals surface area (Å²) >= 11 is 0. The highest BCUT2D eigenvalue weighted by Crippen LogP contribution is 2.31. The average molecular weight is 467 g/mol. The van der Waals surface area contributed by atoms with Crippen LogP contribution in [-0.2, 0) is 4.79 Å². The zero-order valence-electron chi connectivity index (χ0n) is 21.1. The van der Waals surface area contributed by atoms with E-state index >= 15 is 0 Å². The van der Waals surface area contributed by atoms with Gasteiger partial charge in [-0.05, 0) is 42.2 Å². The van der Waals surface area contributed by atoms with E-state index in [9.17, 15) is 9.59 Å². The summed E-state index contributed by atoms with van der Waals surface area (Å²) in [5, 5.41) is 5.95. The summed E-state index contributed by atoms with van der Waals surface area (Å²) in [7, 11) is 1.69. The molecule has 184 valence electrons. The van der Waals surface area contributed by atoms with Crippen LogP contribution in [0, 0.1) is 5.41 Å². The first-order valence-corrected chi connectivity index (χ1v) is 12.1. The summed E-state index contributed by atoms with van der Waals surface area (Å²) in [5.74, 6) is 0.701. The summed E-state index contributed by atoms with van der Waals surface area (Å²) in [6, 6.07) is 13.7. The van der Waals surface area contributed by atoms with E-state index in [1.165, 1.54) is 0 Å². The minimum absolute atomic E-state index is 0.0504. The van der Waals surface area contributed by atoms with E-state index in [0.717, 1.165) is 49.7 Å². The summed E-state index contributed by atoms with van der Waals surface area (Å²) in [6.07, 6.45) is 1.28. The quantitative estimate of drug-likeness (QED) is 0.598. The van der Waals surface area contributed by atoms with Gasteiger partial charge in [0.25, 0.3) is 5.91 Å². The molecule has 1 heterocycles. The van der Waals surface area contributed by atoms with E-state index in [4.69, 9.17) is 4.74 Å². The third-order valence-electron chi connectivity index (χ3n) is 5.80. The van der Waals surface area contributed by atoms with Gasteiger partial charge in [0.1, 0.15) is 5.75 Å². The Morgan fingerprint density at radius 3 is 2.24 bits per heavy atom. The van der Waals surface area contributed by atoms with Gasteiger partial charge >= 0.3 is 0 Å². The molecule has 1 aliphatic heterocycles. The van der Waals surface area contributed by atoms with Crippen molar-refractivity contribution in [1.82, 2.24) is 5.32 Å². The second-order valence-corrected chi connectivity index (χ2v) is 9.92.